The van der Waals surface area contributed by atoms with Gasteiger partial charge in [0.25, 0.3) is 0 Å². The largest absolute Gasteiger partial charge is 0.457 e. The first-order valence-corrected chi connectivity index (χ1v) is 9.85. The monoisotopic (exact) mass is 563 g/mol. The number of anilines is 1. The highest BCUT2D eigenvalue weighted by Crippen LogP contribution is 2.59. The number of hydrogen-bond donors (Lipinski definition) is 2. The molecule has 2 aromatic rings. The van der Waals surface area contributed by atoms with Crippen LogP contribution in [0.3, 0.4) is 0 Å². The third kappa shape index (κ3) is 4.29. The van der Waals surface area contributed by atoms with Crippen molar-refractivity contribution < 1.29 is 39.5 Å². The SMILES string of the molecule is N#Cc1ccc(C2=CN(c3c(Cl)cc(C(F)(C(F)(F)F)C(F)(F)C(F)(F)F)cc3Cl)NN2)cc1N=O. The summed E-state index contributed by atoms with van der Waals surface area (Å²) in [6.45, 7) is 0. The van der Waals surface area contributed by atoms with Crippen LogP contribution in [0, 0.1) is 16.2 Å². The minimum absolute atomic E-state index is 0.0473. The number of alkyl halides is 9. The fraction of sp³-hybridized carbons (Fsp3) is 0.211. The summed E-state index contributed by atoms with van der Waals surface area (Å²) in [5, 5.41) is 10.7. The standard InChI is InChI=1S/C19H8Cl2F9N5O/c20-11-4-10(16(22,18(25,26)27)17(23,24)19(28,29)30)5-12(21)15(11)35-7-14(32-34-35)8-1-2-9(6-31)13(3-8)33-36/h1-5,7,32,34H. The minimum Gasteiger partial charge on any atom is -0.301 e. The molecule has 0 aliphatic carbocycles. The van der Waals surface area contributed by atoms with Crippen LogP contribution in [-0.2, 0) is 5.67 Å². The molecule has 3 rings (SSSR count). The summed E-state index contributed by atoms with van der Waals surface area (Å²) in [5.74, 6) is -6.90. The lowest BCUT2D eigenvalue weighted by Crippen LogP contribution is -2.59. The van der Waals surface area contributed by atoms with Gasteiger partial charge in [-0.05, 0) is 29.4 Å². The van der Waals surface area contributed by atoms with Crippen molar-refractivity contribution in [3.63, 3.8) is 0 Å². The Balaban J connectivity index is 2.08. The van der Waals surface area contributed by atoms with Crippen LogP contribution in [0.1, 0.15) is 16.7 Å². The van der Waals surface area contributed by atoms with E-state index in [1.165, 1.54) is 18.2 Å². The Labute approximate surface area is 204 Å². The fourth-order valence-electron chi connectivity index (χ4n) is 3.16. The van der Waals surface area contributed by atoms with E-state index in [1.807, 2.05) is 0 Å². The smallest absolute Gasteiger partial charge is 0.301 e. The lowest BCUT2D eigenvalue weighted by molar-refractivity contribution is -0.389. The fourth-order valence-corrected chi connectivity index (χ4v) is 3.83. The zero-order chi connectivity index (χ0) is 27.3. The number of nitriles is 1. The van der Waals surface area contributed by atoms with E-state index >= 15 is 0 Å². The number of hydrazine groups is 2. The molecular formula is C19H8Cl2F9N5O. The maximum atomic E-state index is 14.8. The topological polar surface area (TPSA) is 80.5 Å². The summed E-state index contributed by atoms with van der Waals surface area (Å²) in [7, 11) is 0. The number of nitrogens with zero attached hydrogens (tertiary/aromatic N) is 3. The maximum Gasteiger partial charge on any atom is 0.457 e. The Hall–Kier alpha value is -3.22. The van der Waals surface area contributed by atoms with E-state index in [9.17, 15) is 44.4 Å². The average Bonchev–Trinajstić information content (AvgIpc) is 3.25. The molecule has 1 aliphatic rings. The molecule has 1 heterocycles. The second-order valence-electron chi connectivity index (χ2n) is 7.10. The van der Waals surface area contributed by atoms with E-state index in [4.69, 9.17) is 28.5 Å². The predicted molar refractivity (Wildman–Crippen MR) is 110 cm³/mol. The Morgan fingerprint density at radius 1 is 0.917 bits per heavy atom. The Morgan fingerprint density at radius 2 is 1.50 bits per heavy atom. The molecule has 0 saturated carbocycles. The first-order valence-electron chi connectivity index (χ1n) is 9.10. The van der Waals surface area contributed by atoms with Crippen LogP contribution in [0.25, 0.3) is 5.70 Å². The van der Waals surface area contributed by atoms with Crippen LogP contribution in [0.5, 0.6) is 0 Å². The molecule has 0 spiro atoms. The molecular weight excluding hydrogens is 556 g/mol. The van der Waals surface area contributed by atoms with Gasteiger partial charge in [-0.1, -0.05) is 29.3 Å². The number of hydrogen-bond acceptors (Lipinski definition) is 6. The third-order valence-electron chi connectivity index (χ3n) is 4.93. The van der Waals surface area contributed by atoms with Gasteiger partial charge in [-0.25, -0.2) is 4.39 Å². The van der Waals surface area contributed by atoms with Crippen LogP contribution in [-0.4, -0.2) is 18.3 Å². The third-order valence-corrected chi connectivity index (χ3v) is 5.51. The van der Waals surface area contributed by atoms with Crippen LogP contribution in [0.4, 0.5) is 50.9 Å². The van der Waals surface area contributed by atoms with E-state index in [2.05, 4.69) is 16.1 Å². The molecule has 1 unspecified atom stereocenters. The molecule has 36 heavy (non-hydrogen) atoms. The minimum atomic E-state index is -6.91. The maximum absolute atomic E-state index is 14.8. The van der Waals surface area contributed by atoms with Gasteiger partial charge in [0.2, 0.25) is 0 Å². The zero-order valence-electron chi connectivity index (χ0n) is 16.9. The Bertz CT molecular complexity index is 1270. The Kier molecular flexibility index (Phi) is 6.86. The van der Waals surface area contributed by atoms with Gasteiger partial charge >= 0.3 is 23.9 Å². The molecule has 0 saturated heterocycles. The van der Waals surface area contributed by atoms with Crippen LogP contribution in [0.2, 0.25) is 10.0 Å². The molecule has 0 fully saturated rings. The summed E-state index contributed by atoms with van der Waals surface area (Å²) >= 11 is 11.7. The van der Waals surface area contributed by atoms with E-state index in [-0.39, 0.29) is 34.6 Å². The number of nitrogens with one attached hydrogen (secondary N) is 2. The van der Waals surface area contributed by atoms with Crippen LogP contribution < -0.4 is 16.0 Å². The number of halogens is 11. The van der Waals surface area contributed by atoms with E-state index in [1.54, 1.807) is 6.07 Å². The summed E-state index contributed by atoms with van der Waals surface area (Å²) < 4.78 is 120. The molecule has 2 N–H and O–H groups in total. The zero-order valence-corrected chi connectivity index (χ0v) is 18.4. The number of rotatable bonds is 5. The normalized spacial score (nSPS) is 16.2. The van der Waals surface area contributed by atoms with Crippen molar-refractivity contribution in [1.82, 2.24) is 11.0 Å². The second-order valence-corrected chi connectivity index (χ2v) is 7.92. The van der Waals surface area contributed by atoms with Gasteiger partial charge in [-0.3, -0.25) is 5.01 Å². The van der Waals surface area contributed by atoms with Gasteiger partial charge in [-0.15, -0.1) is 10.4 Å². The average molecular weight is 564 g/mol. The summed E-state index contributed by atoms with van der Waals surface area (Å²) in [5.41, 5.74) is -3.75. The highest BCUT2D eigenvalue weighted by Gasteiger charge is 2.81. The summed E-state index contributed by atoms with van der Waals surface area (Å²) in [4.78, 5) is 10.9. The lowest BCUT2D eigenvalue weighted by atomic mass is 9.87. The molecule has 0 bridgehead atoms. The van der Waals surface area contributed by atoms with Gasteiger partial charge in [0, 0.05) is 17.3 Å². The molecule has 1 aliphatic heterocycles. The Morgan fingerprint density at radius 3 is 1.97 bits per heavy atom. The van der Waals surface area contributed by atoms with Gasteiger partial charge in [-0.2, -0.15) is 40.4 Å². The summed E-state index contributed by atoms with van der Waals surface area (Å²) in [6, 6.07) is 5.45. The van der Waals surface area contributed by atoms with E-state index < -0.39 is 45.2 Å². The van der Waals surface area contributed by atoms with Crippen molar-refractivity contribution in [3.8, 4) is 6.07 Å². The van der Waals surface area contributed by atoms with E-state index in [0.29, 0.717) is 0 Å². The highest BCUT2D eigenvalue weighted by atomic mass is 35.5. The van der Waals surface area contributed by atoms with Gasteiger partial charge in [0.15, 0.2) is 0 Å². The van der Waals surface area contributed by atoms with Crippen molar-refractivity contribution in [2.24, 2.45) is 5.18 Å². The van der Waals surface area contributed by atoms with Gasteiger partial charge < -0.3 is 5.43 Å². The molecule has 0 radical (unpaired) electrons. The van der Waals surface area contributed by atoms with Crippen molar-refractivity contribution in [1.29, 1.82) is 5.26 Å². The lowest BCUT2D eigenvalue weighted by Gasteiger charge is -2.36. The summed E-state index contributed by atoms with van der Waals surface area (Å²) in [6.07, 6.45) is -12.5. The first-order chi connectivity index (χ1) is 16.5. The molecule has 0 aromatic heterocycles. The number of nitroso groups, excluding NO2 is 1. The molecule has 0 amide bonds. The predicted octanol–water partition coefficient (Wildman–Crippen LogP) is 7.02. The first kappa shape index (κ1) is 27.4. The van der Waals surface area contributed by atoms with Crippen molar-refractivity contribution >= 4 is 40.3 Å². The molecule has 2 aromatic carbocycles. The quantitative estimate of drug-likeness (QED) is 0.302. The van der Waals surface area contributed by atoms with Crippen LogP contribution >= 0.6 is 23.2 Å². The van der Waals surface area contributed by atoms with E-state index in [0.717, 1.165) is 11.2 Å². The highest BCUT2D eigenvalue weighted by molar-refractivity contribution is 6.39. The molecule has 6 nitrogen and oxygen atoms in total. The van der Waals surface area contributed by atoms with Crippen molar-refractivity contribution in [2.75, 3.05) is 5.01 Å². The van der Waals surface area contributed by atoms with Crippen molar-refractivity contribution in [3.05, 3.63) is 68.2 Å². The van der Waals surface area contributed by atoms with Crippen molar-refractivity contribution in [2.45, 2.75) is 23.9 Å². The van der Waals surface area contributed by atoms with Crippen LogP contribution in [0.15, 0.2) is 41.7 Å². The van der Waals surface area contributed by atoms with Gasteiger partial charge in [0.05, 0.1) is 27.0 Å². The number of benzene rings is 2. The molecule has 1 atom stereocenters. The molecule has 17 heteroatoms. The second kappa shape index (κ2) is 9.02. The van der Waals surface area contributed by atoms with Gasteiger partial charge in [0.1, 0.15) is 11.8 Å². The molecule has 192 valence electrons.